The van der Waals surface area contributed by atoms with Crippen molar-refractivity contribution in [2.45, 2.75) is 135 Å². The van der Waals surface area contributed by atoms with Gasteiger partial charge in [0.25, 0.3) is 0 Å². The largest absolute Gasteiger partial charge is 0.362 e. The minimum atomic E-state index is 0.813. The average Bonchev–Trinajstić information content (AvgIpc) is 2.99. The molecule has 0 aromatic carbocycles. The van der Waals surface area contributed by atoms with E-state index in [-0.39, 0.29) is 0 Å². The summed E-state index contributed by atoms with van der Waals surface area (Å²) >= 11 is 5.43. The van der Waals surface area contributed by atoms with Gasteiger partial charge in [-0.3, -0.25) is 5.43 Å². The number of unbranched alkanes of at least 4 members (excludes halogenated alkanes) is 15. The van der Waals surface area contributed by atoms with Gasteiger partial charge in [0, 0.05) is 19.6 Å². The fourth-order valence-corrected chi connectivity index (χ4v) is 4.47. The first-order valence-electron chi connectivity index (χ1n) is 13.1. The Bertz CT molecular complexity index is 354. The van der Waals surface area contributed by atoms with Crippen LogP contribution in [0.3, 0.4) is 0 Å². The van der Waals surface area contributed by atoms with Crippen LogP contribution in [0.2, 0.25) is 0 Å². The van der Waals surface area contributed by atoms with Crippen molar-refractivity contribution in [1.29, 1.82) is 0 Å². The molecule has 0 aromatic heterocycles. The number of thiocarbonyl (C=S) groups is 1. The van der Waals surface area contributed by atoms with Crippen LogP contribution in [-0.2, 0) is 0 Å². The van der Waals surface area contributed by atoms with Gasteiger partial charge in [0.1, 0.15) is 0 Å². The summed E-state index contributed by atoms with van der Waals surface area (Å²) < 4.78 is 0. The molecular formula is C25H51N3S. The van der Waals surface area contributed by atoms with Crippen molar-refractivity contribution in [1.82, 2.24) is 15.8 Å². The summed E-state index contributed by atoms with van der Waals surface area (Å²) in [5.74, 6) is 0. The van der Waals surface area contributed by atoms with Crippen molar-refractivity contribution in [2.24, 2.45) is 0 Å². The van der Waals surface area contributed by atoms with Gasteiger partial charge in [-0.25, -0.2) is 5.01 Å². The lowest BCUT2D eigenvalue weighted by Gasteiger charge is -2.22. The molecule has 29 heavy (non-hydrogen) atoms. The average molecular weight is 426 g/mol. The van der Waals surface area contributed by atoms with E-state index in [9.17, 15) is 0 Å². The van der Waals surface area contributed by atoms with Crippen molar-refractivity contribution in [3.8, 4) is 0 Å². The molecule has 0 bridgehead atoms. The van der Waals surface area contributed by atoms with Gasteiger partial charge in [-0.2, -0.15) is 0 Å². The van der Waals surface area contributed by atoms with Crippen LogP contribution in [0.25, 0.3) is 0 Å². The Balaban J connectivity index is 1.74. The van der Waals surface area contributed by atoms with Gasteiger partial charge in [-0.1, -0.05) is 116 Å². The predicted molar refractivity (Wildman–Crippen MR) is 133 cm³/mol. The van der Waals surface area contributed by atoms with Crippen LogP contribution in [0.15, 0.2) is 0 Å². The Labute approximate surface area is 188 Å². The molecule has 172 valence electrons. The first-order valence-corrected chi connectivity index (χ1v) is 13.5. The van der Waals surface area contributed by atoms with Crippen molar-refractivity contribution in [3.05, 3.63) is 0 Å². The second kappa shape index (κ2) is 20.9. The smallest absolute Gasteiger partial charge is 0.181 e. The molecule has 0 spiro atoms. The topological polar surface area (TPSA) is 27.3 Å². The molecule has 0 unspecified atom stereocenters. The van der Waals surface area contributed by atoms with Gasteiger partial charge in [0.15, 0.2) is 5.11 Å². The van der Waals surface area contributed by atoms with Crippen LogP contribution in [0, 0.1) is 0 Å². The van der Waals surface area contributed by atoms with Crippen molar-refractivity contribution >= 4 is 17.3 Å². The number of hydrogen-bond donors (Lipinski definition) is 2. The van der Waals surface area contributed by atoms with E-state index in [0.29, 0.717) is 0 Å². The van der Waals surface area contributed by atoms with Crippen LogP contribution in [0.5, 0.6) is 0 Å². The molecule has 0 radical (unpaired) electrons. The summed E-state index contributed by atoms with van der Waals surface area (Å²) in [6.45, 7) is 5.56. The van der Waals surface area contributed by atoms with Crippen molar-refractivity contribution in [2.75, 3.05) is 19.6 Å². The molecule has 0 aromatic rings. The van der Waals surface area contributed by atoms with Gasteiger partial charge in [-0.05, 0) is 31.5 Å². The highest BCUT2D eigenvalue weighted by atomic mass is 32.1. The molecule has 0 atom stereocenters. The van der Waals surface area contributed by atoms with E-state index in [1.807, 2.05) is 0 Å². The van der Waals surface area contributed by atoms with E-state index >= 15 is 0 Å². The minimum absolute atomic E-state index is 0.813. The summed E-state index contributed by atoms with van der Waals surface area (Å²) in [4.78, 5) is 0. The van der Waals surface area contributed by atoms with Gasteiger partial charge >= 0.3 is 0 Å². The van der Waals surface area contributed by atoms with E-state index in [0.717, 1.165) is 24.7 Å². The molecule has 1 fully saturated rings. The quantitative estimate of drug-likeness (QED) is 0.175. The Hall–Kier alpha value is -0.350. The zero-order chi connectivity index (χ0) is 20.8. The first-order chi connectivity index (χ1) is 14.3. The Morgan fingerprint density at radius 2 is 1.03 bits per heavy atom. The molecular weight excluding hydrogens is 374 g/mol. The minimum Gasteiger partial charge on any atom is -0.362 e. The summed E-state index contributed by atoms with van der Waals surface area (Å²) in [6.07, 6.45) is 28.0. The molecule has 4 heteroatoms. The maximum Gasteiger partial charge on any atom is 0.181 e. The third-order valence-electron chi connectivity index (χ3n) is 6.18. The number of rotatable bonds is 18. The second-order valence-electron chi connectivity index (χ2n) is 9.07. The van der Waals surface area contributed by atoms with Crippen LogP contribution in [0.1, 0.15) is 135 Å². The molecule has 1 saturated heterocycles. The predicted octanol–water partition coefficient (Wildman–Crippen LogP) is 7.50. The highest BCUT2D eigenvalue weighted by Gasteiger charge is 2.09. The molecule has 0 amide bonds. The molecule has 2 N–H and O–H groups in total. The zero-order valence-electron chi connectivity index (χ0n) is 19.6. The van der Waals surface area contributed by atoms with E-state index in [1.54, 1.807) is 0 Å². The second-order valence-corrected chi connectivity index (χ2v) is 9.48. The number of hydrazine groups is 1. The lowest BCUT2D eigenvalue weighted by atomic mass is 10.0. The molecule has 1 aliphatic rings. The molecule has 1 rings (SSSR count). The van der Waals surface area contributed by atoms with E-state index < -0.39 is 0 Å². The molecule has 0 aliphatic carbocycles. The summed E-state index contributed by atoms with van der Waals surface area (Å²) in [5.41, 5.74) is 3.37. The lowest BCUT2D eigenvalue weighted by Crippen LogP contribution is -2.47. The maximum atomic E-state index is 5.43. The number of hydrogen-bond acceptors (Lipinski definition) is 2. The summed E-state index contributed by atoms with van der Waals surface area (Å²) in [7, 11) is 0. The van der Waals surface area contributed by atoms with Crippen LogP contribution < -0.4 is 10.7 Å². The van der Waals surface area contributed by atoms with Crippen LogP contribution in [0.4, 0.5) is 0 Å². The standard InChI is InChI=1S/C25H51N3S/c1-2-3-4-5-6-7-8-9-10-11-12-13-14-15-16-19-22-26-25(29)27-28-23-20-17-18-21-24-28/h2-24H2,1H3,(H2,26,27,29). The van der Waals surface area contributed by atoms with Gasteiger partial charge in [0.05, 0.1) is 0 Å². The molecule has 1 aliphatic heterocycles. The van der Waals surface area contributed by atoms with Crippen LogP contribution in [-0.4, -0.2) is 29.8 Å². The van der Waals surface area contributed by atoms with E-state index in [4.69, 9.17) is 12.2 Å². The SMILES string of the molecule is CCCCCCCCCCCCCCCCCCNC(=S)NN1CCCCCC1. The zero-order valence-corrected chi connectivity index (χ0v) is 20.4. The van der Waals surface area contributed by atoms with E-state index in [2.05, 4.69) is 22.7 Å². The number of nitrogens with one attached hydrogen (secondary N) is 2. The van der Waals surface area contributed by atoms with Crippen LogP contribution >= 0.6 is 12.2 Å². The Morgan fingerprint density at radius 1 is 0.621 bits per heavy atom. The highest BCUT2D eigenvalue weighted by Crippen LogP contribution is 2.13. The van der Waals surface area contributed by atoms with Crippen molar-refractivity contribution in [3.63, 3.8) is 0 Å². The first kappa shape index (κ1) is 26.7. The fraction of sp³-hybridized carbons (Fsp3) is 0.960. The molecule has 1 heterocycles. The lowest BCUT2D eigenvalue weighted by molar-refractivity contribution is 0.244. The number of nitrogens with zero attached hydrogens (tertiary/aromatic N) is 1. The summed E-state index contributed by atoms with van der Waals surface area (Å²) in [5, 5.41) is 6.48. The van der Waals surface area contributed by atoms with Gasteiger partial charge in [-0.15, -0.1) is 0 Å². The fourth-order valence-electron chi connectivity index (χ4n) is 4.24. The monoisotopic (exact) mass is 425 g/mol. The summed E-state index contributed by atoms with van der Waals surface area (Å²) in [6, 6.07) is 0. The highest BCUT2D eigenvalue weighted by molar-refractivity contribution is 7.80. The molecule has 3 nitrogen and oxygen atoms in total. The van der Waals surface area contributed by atoms with Gasteiger partial charge < -0.3 is 5.32 Å². The van der Waals surface area contributed by atoms with Crippen molar-refractivity contribution < 1.29 is 0 Å². The van der Waals surface area contributed by atoms with Gasteiger partial charge in [0.2, 0.25) is 0 Å². The normalized spacial score (nSPS) is 15.2. The third-order valence-corrected chi connectivity index (χ3v) is 6.42. The van der Waals surface area contributed by atoms with E-state index in [1.165, 1.54) is 128 Å². The maximum absolute atomic E-state index is 5.43. The Morgan fingerprint density at radius 3 is 1.48 bits per heavy atom. The molecule has 0 saturated carbocycles. The third kappa shape index (κ3) is 18.2. The Kier molecular flexibility index (Phi) is 19.2.